The van der Waals surface area contributed by atoms with Crippen LogP contribution in [-0.2, 0) is 4.79 Å². The molecule has 14 heavy (non-hydrogen) atoms. The van der Waals surface area contributed by atoms with Crippen LogP contribution in [-0.4, -0.2) is 30.7 Å². The molecule has 0 heterocycles. The van der Waals surface area contributed by atoms with Gasteiger partial charge in [0.1, 0.15) is 0 Å². The lowest BCUT2D eigenvalue weighted by Gasteiger charge is -2.12. The second-order valence-corrected chi connectivity index (χ2v) is 4.18. The maximum Gasteiger partial charge on any atom is 0.220 e. The molecule has 0 aromatic heterocycles. The summed E-state index contributed by atoms with van der Waals surface area (Å²) in [5.74, 6) is 0.0816. The number of rotatable bonds is 7. The van der Waals surface area contributed by atoms with Gasteiger partial charge in [0.25, 0.3) is 0 Å². The number of carbonyl (C=O) groups excluding carboxylic acids is 1. The Morgan fingerprint density at radius 2 is 2.14 bits per heavy atom. The third kappa shape index (κ3) is 3.64. The molecule has 4 heteroatoms. The van der Waals surface area contributed by atoms with E-state index in [4.69, 9.17) is 10.8 Å². The van der Waals surface area contributed by atoms with Crippen LogP contribution < -0.4 is 11.1 Å². The van der Waals surface area contributed by atoms with Gasteiger partial charge in [-0.15, -0.1) is 0 Å². The number of aliphatic hydroxyl groups excluding tert-OH is 1. The molecule has 4 N–H and O–H groups in total. The summed E-state index contributed by atoms with van der Waals surface area (Å²) in [5.41, 5.74) is 5.34. The van der Waals surface area contributed by atoms with Gasteiger partial charge in [0.2, 0.25) is 5.91 Å². The van der Waals surface area contributed by atoms with Crippen molar-refractivity contribution in [1.29, 1.82) is 0 Å². The van der Waals surface area contributed by atoms with Crippen LogP contribution >= 0.6 is 0 Å². The van der Waals surface area contributed by atoms with E-state index < -0.39 is 0 Å². The fourth-order valence-electron chi connectivity index (χ4n) is 1.37. The number of nitrogens with two attached hydrogens (primary N) is 1. The van der Waals surface area contributed by atoms with E-state index >= 15 is 0 Å². The topological polar surface area (TPSA) is 75.4 Å². The molecule has 0 atom stereocenters. The van der Waals surface area contributed by atoms with Gasteiger partial charge in [-0.25, -0.2) is 0 Å². The quantitative estimate of drug-likeness (QED) is 0.506. The molecule has 1 aliphatic carbocycles. The predicted molar refractivity (Wildman–Crippen MR) is 54.7 cm³/mol. The van der Waals surface area contributed by atoms with Gasteiger partial charge in [-0.05, 0) is 32.2 Å². The van der Waals surface area contributed by atoms with E-state index in [9.17, 15) is 4.79 Å². The second-order valence-electron chi connectivity index (χ2n) is 4.18. The van der Waals surface area contributed by atoms with Crippen LogP contribution in [0.3, 0.4) is 0 Å². The Hall–Kier alpha value is -0.610. The second kappa shape index (κ2) is 5.32. The highest BCUT2D eigenvalue weighted by molar-refractivity contribution is 5.75. The van der Waals surface area contributed by atoms with Crippen molar-refractivity contribution in [2.24, 2.45) is 11.1 Å². The van der Waals surface area contributed by atoms with Crippen molar-refractivity contribution in [3.05, 3.63) is 0 Å². The monoisotopic (exact) mass is 200 g/mol. The van der Waals surface area contributed by atoms with E-state index in [-0.39, 0.29) is 17.9 Å². The zero-order chi connectivity index (χ0) is 10.4. The van der Waals surface area contributed by atoms with Crippen LogP contribution in [0, 0.1) is 5.41 Å². The van der Waals surface area contributed by atoms with Crippen molar-refractivity contribution in [3.63, 3.8) is 0 Å². The maximum absolute atomic E-state index is 11.3. The molecule has 0 aromatic carbocycles. The highest BCUT2D eigenvalue weighted by Gasteiger charge is 2.41. The van der Waals surface area contributed by atoms with Crippen LogP contribution in [0.5, 0.6) is 0 Å². The van der Waals surface area contributed by atoms with Gasteiger partial charge in [-0.3, -0.25) is 4.79 Å². The molecule has 0 unspecified atom stereocenters. The van der Waals surface area contributed by atoms with E-state index in [1.165, 1.54) is 0 Å². The summed E-state index contributed by atoms with van der Waals surface area (Å²) in [6, 6.07) is 0. The van der Waals surface area contributed by atoms with Crippen molar-refractivity contribution < 1.29 is 9.90 Å². The largest absolute Gasteiger partial charge is 0.396 e. The van der Waals surface area contributed by atoms with Crippen molar-refractivity contribution >= 4 is 5.91 Å². The molecule has 0 radical (unpaired) electrons. The minimum absolute atomic E-state index is 0.0174. The average molecular weight is 200 g/mol. The maximum atomic E-state index is 11.3. The molecule has 0 aromatic rings. The highest BCUT2D eigenvalue weighted by atomic mass is 16.3. The molecule has 1 rings (SSSR count). The number of hydrogen-bond donors (Lipinski definition) is 3. The van der Waals surface area contributed by atoms with Crippen molar-refractivity contribution in [2.45, 2.75) is 32.1 Å². The molecule has 1 fully saturated rings. The third-order valence-corrected chi connectivity index (χ3v) is 2.81. The van der Waals surface area contributed by atoms with E-state index in [0.717, 1.165) is 25.7 Å². The molecule has 1 aliphatic rings. The van der Waals surface area contributed by atoms with Gasteiger partial charge < -0.3 is 16.2 Å². The van der Waals surface area contributed by atoms with Gasteiger partial charge in [-0.1, -0.05) is 0 Å². The Morgan fingerprint density at radius 3 is 2.64 bits per heavy atom. The Bertz CT molecular complexity index is 191. The standard InChI is InChI=1S/C10H20N2O2/c11-6-2-1-3-9(14)12-7-10(8-13)4-5-10/h13H,1-8,11H2,(H,12,14). The summed E-state index contributed by atoms with van der Waals surface area (Å²) in [7, 11) is 0. The predicted octanol–water partition coefficient (Wildman–Crippen LogP) is 0.00410. The highest BCUT2D eigenvalue weighted by Crippen LogP contribution is 2.44. The lowest BCUT2D eigenvalue weighted by Crippen LogP contribution is -2.31. The molecule has 0 bridgehead atoms. The fraction of sp³-hybridized carbons (Fsp3) is 0.900. The average Bonchev–Trinajstić information content (AvgIpc) is 2.96. The smallest absolute Gasteiger partial charge is 0.220 e. The first-order valence-electron chi connectivity index (χ1n) is 5.30. The van der Waals surface area contributed by atoms with Crippen molar-refractivity contribution in [3.8, 4) is 0 Å². The third-order valence-electron chi connectivity index (χ3n) is 2.81. The molecule has 1 amide bonds. The van der Waals surface area contributed by atoms with E-state index in [1.807, 2.05) is 0 Å². The zero-order valence-corrected chi connectivity index (χ0v) is 8.59. The fourth-order valence-corrected chi connectivity index (χ4v) is 1.37. The lowest BCUT2D eigenvalue weighted by atomic mass is 10.1. The summed E-state index contributed by atoms with van der Waals surface area (Å²) >= 11 is 0. The van der Waals surface area contributed by atoms with E-state index in [0.29, 0.717) is 19.5 Å². The molecule has 82 valence electrons. The lowest BCUT2D eigenvalue weighted by molar-refractivity contribution is -0.121. The van der Waals surface area contributed by atoms with Crippen molar-refractivity contribution in [2.75, 3.05) is 19.7 Å². The number of nitrogens with one attached hydrogen (secondary N) is 1. The van der Waals surface area contributed by atoms with Crippen LogP contribution in [0.25, 0.3) is 0 Å². The first kappa shape index (κ1) is 11.5. The number of aliphatic hydroxyl groups is 1. The number of hydrogen-bond acceptors (Lipinski definition) is 3. The minimum atomic E-state index is 0.0174. The Morgan fingerprint density at radius 1 is 1.43 bits per heavy atom. The summed E-state index contributed by atoms with van der Waals surface area (Å²) in [6.45, 7) is 1.47. The summed E-state index contributed by atoms with van der Waals surface area (Å²) < 4.78 is 0. The van der Waals surface area contributed by atoms with Gasteiger partial charge in [0, 0.05) is 18.4 Å². The number of unbranched alkanes of at least 4 members (excludes halogenated alkanes) is 1. The molecular formula is C10H20N2O2. The first-order valence-corrected chi connectivity index (χ1v) is 5.30. The van der Waals surface area contributed by atoms with Gasteiger partial charge >= 0.3 is 0 Å². The molecule has 1 saturated carbocycles. The summed E-state index contributed by atoms with van der Waals surface area (Å²) in [6.07, 6.45) is 4.38. The Kier molecular flexibility index (Phi) is 4.35. The number of amides is 1. The van der Waals surface area contributed by atoms with Gasteiger partial charge in [-0.2, -0.15) is 0 Å². The Labute approximate surface area is 84.9 Å². The van der Waals surface area contributed by atoms with Crippen molar-refractivity contribution in [1.82, 2.24) is 5.32 Å². The first-order chi connectivity index (χ1) is 6.72. The minimum Gasteiger partial charge on any atom is -0.396 e. The van der Waals surface area contributed by atoms with E-state index in [1.54, 1.807) is 0 Å². The van der Waals surface area contributed by atoms with Crippen LogP contribution in [0.2, 0.25) is 0 Å². The SMILES string of the molecule is NCCCCC(=O)NCC1(CO)CC1. The molecular weight excluding hydrogens is 180 g/mol. The molecule has 0 aliphatic heterocycles. The molecule has 0 spiro atoms. The van der Waals surface area contributed by atoms with Crippen LogP contribution in [0.1, 0.15) is 32.1 Å². The normalized spacial score (nSPS) is 17.9. The van der Waals surface area contributed by atoms with Crippen LogP contribution in [0.15, 0.2) is 0 Å². The summed E-state index contributed by atoms with van der Waals surface area (Å²) in [5, 5.41) is 11.9. The Balaban J connectivity index is 2.03. The molecule has 0 saturated heterocycles. The van der Waals surface area contributed by atoms with Gasteiger partial charge in [0.05, 0.1) is 6.61 Å². The number of carbonyl (C=O) groups is 1. The van der Waals surface area contributed by atoms with Gasteiger partial charge in [0.15, 0.2) is 0 Å². The summed E-state index contributed by atoms with van der Waals surface area (Å²) in [4.78, 5) is 11.3. The molecule has 4 nitrogen and oxygen atoms in total. The van der Waals surface area contributed by atoms with E-state index in [2.05, 4.69) is 5.32 Å². The zero-order valence-electron chi connectivity index (χ0n) is 8.59. The van der Waals surface area contributed by atoms with Crippen LogP contribution in [0.4, 0.5) is 0 Å².